The van der Waals surface area contributed by atoms with Crippen molar-refractivity contribution in [2.75, 3.05) is 13.2 Å². The number of rotatable bonds is 5. The molecule has 0 bridgehead atoms. The van der Waals surface area contributed by atoms with Gasteiger partial charge in [-0.15, -0.1) is 0 Å². The van der Waals surface area contributed by atoms with Gasteiger partial charge < -0.3 is 9.84 Å². The number of aliphatic hydroxyl groups excluding tert-OH is 1. The van der Waals surface area contributed by atoms with Gasteiger partial charge in [-0.2, -0.15) is 0 Å². The van der Waals surface area contributed by atoms with E-state index in [9.17, 15) is 5.11 Å². The molecule has 3 nitrogen and oxygen atoms in total. The van der Waals surface area contributed by atoms with Crippen LogP contribution in [0.25, 0.3) is 10.9 Å². The van der Waals surface area contributed by atoms with Crippen LogP contribution in [-0.4, -0.2) is 29.4 Å². The summed E-state index contributed by atoms with van der Waals surface area (Å²) in [5, 5.41) is 10.8. The Balaban J connectivity index is 1.55. The molecule has 1 aliphatic rings. The monoisotopic (exact) mass is 313 g/mol. The average Bonchev–Trinajstić information content (AvgIpc) is 2.55. The third-order valence-corrected chi connectivity index (χ3v) is 5.03. The summed E-state index contributed by atoms with van der Waals surface area (Å²) in [6.45, 7) is 5.46. The van der Waals surface area contributed by atoms with E-state index in [1.54, 1.807) is 0 Å². The fourth-order valence-electron chi connectivity index (χ4n) is 3.68. The molecule has 0 amide bonds. The molecule has 1 aromatic heterocycles. The summed E-state index contributed by atoms with van der Waals surface area (Å²) in [5.41, 5.74) is 2.44. The van der Waals surface area contributed by atoms with Gasteiger partial charge in [0.15, 0.2) is 0 Å². The lowest BCUT2D eigenvalue weighted by Gasteiger charge is -2.39. The van der Waals surface area contributed by atoms with Gasteiger partial charge in [0.1, 0.15) is 0 Å². The van der Waals surface area contributed by atoms with Gasteiger partial charge in [-0.05, 0) is 36.8 Å². The maximum absolute atomic E-state index is 9.64. The molecule has 2 aromatic rings. The van der Waals surface area contributed by atoms with E-state index in [1.807, 2.05) is 18.2 Å². The minimum absolute atomic E-state index is 0.188. The Morgan fingerprint density at radius 2 is 2.04 bits per heavy atom. The maximum Gasteiger partial charge on any atom is 0.0705 e. The zero-order valence-corrected chi connectivity index (χ0v) is 14.2. The van der Waals surface area contributed by atoms with Gasteiger partial charge in [0.2, 0.25) is 0 Å². The van der Waals surface area contributed by atoms with E-state index < -0.39 is 0 Å². The molecular formula is C20H27NO2. The Kier molecular flexibility index (Phi) is 4.98. The van der Waals surface area contributed by atoms with Crippen molar-refractivity contribution < 1.29 is 9.84 Å². The molecule has 0 spiro atoms. The van der Waals surface area contributed by atoms with Gasteiger partial charge in [-0.3, -0.25) is 4.98 Å². The molecule has 1 aliphatic carbocycles. The normalized spacial score (nSPS) is 24.0. The molecule has 0 aliphatic heterocycles. The van der Waals surface area contributed by atoms with Gasteiger partial charge in [0, 0.05) is 30.0 Å². The second-order valence-corrected chi connectivity index (χ2v) is 7.50. The van der Waals surface area contributed by atoms with E-state index in [0.29, 0.717) is 12.0 Å². The van der Waals surface area contributed by atoms with Crippen molar-refractivity contribution in [3.05, 3.63) is 42.1 Å². The molecule has 2 unspecified atom stereocenters. The van der Waals surface area contributed by atoms with Gasteiger partial charge in [-0.1, -0.05) is 38.1 Å². The van der Waals surface area contributed by atoms with Crippen LogP contribution < -0.4 is 0 Å². The highest BCUT2D eigenvalue weighted by atomic mass is 16.5. The highest BCUT2D eigenvalue weighted by Gasteiger charge is 2.34. The molecule has 23 heavy (non-hydrogen) atoms. The van der Waals surface area contributed by atoms with Crippen molar-refractivity contribution in [3.63, 3.8) is 0 Å². The first-order valence-corrected chi connectivity index (χ1v) is 8.64. The van der Waals surface area contributed by atoms with E-state index >= 15 is 0 Å². The number of fused-ring (bicyclic) bond motifs is 1. The van der Waals surface area contributed by atoms with Crippen LogP contribution in [0.5, 0.6) is 0 Å². The molecule has 0 saturated heterocycles. The quantitative estimate of drug-likeness (QED) is 0.908. The van der Waals surface area contributed by atoms with Crippen molar-refractivity contribution >= 4 is 10.9 Å². The third-order valence-electron chi connectivity index (χ3n) is 5.03. The van der Waals surface area contributed by atoms with Crippen LogP contribution in [0.3, 0.4) is 0 Å². The summed E-state index contributed by atoms with van der Waals surface area (Å²) in [6, 6.07) is 12.4. The topological polar surface area (TPSA) is 42.4 Å². The van der Waals surface area contributed by atoms with Gasteiger partial charge in [-0.25, -0.2) is 0 Å². The summed E-state index contributed by atoms with van der Waals surface area (Å²) >= 11 is 0. The predicted molar refractivity (Wildman–Crippen MR) is 93.4 cm³/mol. The third kappa shape index (κ3) is 4.10. The van der Waals surface area contributed by atoms with Crippen LogP contribution in [0.4, 0.5) is 0 Å². The van der Waals surface area contributed by atoms with E-state index in [-0.39, 0.29) is 18.6 Å². The predicted octanol–water partition coefficient (Wildman–Crippen LogP) is 3.98. The Morgan fingerprint density at radius 1 is 1.22 bits per heavy atom. The SMILES string of the molecule is CC1(C)CCC(OCCc2ccc3ccccc3n2)C(CO)C1. The highest BCUT2D eigenvalue weighted by Crippen LogP contribution is 2.39. The molecule has 1 fully saturated rings. The first kappa shape index (κ1) is 16.4. The summed E-state index contributed by atoms with van der Waals surface area (Å²) in [4.78, 5) is 4.69. The fraction of sp³-hybridized carbons (Fsp3) is 0.550. The van der Waals surface area contributed by atoms with Crippen LogP contribution in [0.2, 0.25) is 0 Å². The lowest BCUT2D eigenvalue weighted by Crippen LogP contribution is -2.37. The van der Waals surface area contributed by atoms with Crippen molar-refractivity contribution in [1.29, 1.82) is 0 Å². The number of nitrogens with zero attached hydrogens (tertiary/aromatic N) is 1. The molecule has 1 saturated carbocycles. The van der Waals surface area contributed by atoms with Gasteiger partial charge in [0.05, 0.1) is 18.2 Å². The second-order valence-electron chi connectivity index (χ2n) is 7.50. The number of aliphatic hydroxyl groups is 1. The Morgan fingerprint density at radius 3 is 2.87 bits per heavy atom. The summed E-state index contributed by atoms with van der Waals surface area (Å²) in [6.07, 6.45) is 4.27. The Hall–Kier alpha value is -1.45. The number of hydrogen-bond donors (Lipinski definition) is 1. The number of hydrogen-bond acceptors (Lipinski definition) is 3. The lowest BCUT2D eigenvalue weighted by molar-refractivity contribution is -0.0538. The molecule has 0 radical (unpaired) electrons. The summed E-state index contributed by atoms with van der Waals surface area (Å²) in [5.74, 6) is 0.267. The largest absolute Gasteiger partial charge is 0.396 e. The van der Waals surface area contributed by atoms with Gasteiger partial charge in [0.25, 0.3) is 0 Å². The zero-order valence-electron chi connectivity index (χ0n) is 14.2. The molecular weight excluding hydrogens is 286 g/mol. The van der Waals surface area contributed by atoms with Gasteiger partial charge >= 0.3 is 0 Å². The number of para-hydroxylation sites is 1. The Bertz CT molecular complexity index is 653. The molecule has 1 heterocycles. The minimum Gasteiger partial charge on any atom is -0.396 e. The van der Waals surface area contributed by atoms with Crippen molar-refractivity contribution in [2.24, 2.45) is 11.3 Å². The maximum atomic E-state index is 9.64. The van der Waals surface area contributed by atoms with Crippen molar-refractivity contribution in [1.82, 2.24) is 4.98 Å². The standard InChI is InChI=1S/C20H27NO2/c1-20(2)11-9-19(16(13-20)14-22)23-12-10-17-8-7-15-5-3-4-6-18(15)21-17/h3-8,16,19,22H,9-14H2,1-2H3. The van der Waals surface area contributed by atoms with E-state index in [1.165, 1.54) is 11.8 Å². The Labute approximate surface area is 138 Å². The van der Waals surface area contributed by atoms with Crippen molar-refractivity contribution in [3.8, 4) is 0 Å². The van der Waals surface area contributed by atoms with Crippen LogP contribution in [0.1, 0.15) is 38.8 Å². The second kappa shape index (κ2) is 6.98. The first-order chi connectivity index (χ1) is 11.1. The number of pyridine rings is 1. The minimum atomic E-state index is 0.188. The first-order valence-electron chi connectivity index (χ1n) is 8.64. The van der Waals surface area contributed by atoms with Crippen LogP contribution >= 0.6 is 0 Å². The average molecular weight is 313 g/mol. The van der Waals surface area contributed by atoms with E-state index in [0.717, 1.165) is 30.5 Å². The number of ether oxygens (including phenoxy) is 1. The molecule has 3 heteroatoms. The molecule has 3 rings (SSSR count). The van der Waals surface area contributed by atoms with Crippen molar-refractivity contribution in [2.45, 2.75) is 45.6 Å². The number of benzene rings is 1. The molecule has 1 aromatic carbocycles. The zero-order chi connectivity index (χ0) is 16.3. The number of aromatic nitrogens is 1. The van der Waals surface area contributed by atoms with E-state index in [2.05, 4.69) is 32.0 Å². The van der Waals surface area contributed by atoms with E-state index in [4.69, 9.17) is 9.72 Å². The van der Waals surface area contributed by atoms with Crippen LogP contribution in [0, 0.1) is 11.3 Å². The summed E-state index contributed by atoms with van der Waals surface area (Å²) in [7, 11) is 0. The molecule has 1 N–H and O–H groups in total. The molecule has 124 valence electrons. The lowest BCUT2D eigenvalue weighted by atomic mass is 9.71. The highest BCUT2D eigenvalue weighted by molar-refractivity contribution is 5.78. The molecule has 2 atom stereocenters. The van der Waals surface area contributed by atoms with Crippen LogP contribution in [0.15, 0.2) is 36.4 Å². The van der Waals surface area contributed by atoms with Crippen LogP contribution in [-0.2, 0) is 11.2 Å². The fourth-order valence-corrected chi connectivity index (χ4v) is 3.68. The summed E-state index contributed by atoms with van der Waals surface area (Å²) < 4.78 is 6.10. The smallest absolute Gasteiger partial charge is 0.0705 e.